The van der Waals surface area contributed by atoms with E-state index in [2.05, 4.69) is 27.7 Å². The Bertz CT molecular complexity index is 139. The number of hydrogen-bond donors (Lipinski definition) is 0. The third kappa shape index (κ3) is 36.6. The molecule has 0 fully saturated rings. The summed E-state index contributed by atoms with van der Waals surface area (Å²) in [6.07, 6.45) is 0. The molecule has 8 heteroatoms. The number of halogens is 5. The van der Waals surface area contributed by atoms with Crippen LogP contribution in [-0.4, -0.2) is 20.5 Å². The minimum absolute atomic E-state index is 0.442. The highest BCUT2D eigenvalue weighted by Crippen LogP contribution is 2.06. The molecule has 0 atom stereocenters. The monoisotopic (exact) mass is 360 g/mol. The molecular formula is C8H18BF4IO2. The summed E-state index contributed by atoms with van der Waals surface area (Å²) in [6, 6.07) is 0. The van der Waals surface area contributed by atoms with Crippen LogP contribution in [0.15, 0.2) is 0 Å². The van der Waals surface area contributed by atoms with Gasteiger partial charge in [0.25, 0.3) is 0 Å². The molecule has 2 nitrogen and oxygen atoms in total. The fourth-order valence-corrected chi connectivity index (χ4v) is 2.25. The first-order chi connectivity index (χ1) is 7.13. The lowest BCUT2D eigenvalue weighted by molar-refractivity contribution is -1.07. The van der Waals surface area contributed by atoms with E-state index in [4.69, 9.17) is 6.13 Å². The van der Waals surface area contributed by atoms with Crippen LogP contribution in [0.4, 0.5) is 17.3 Å². The molecule has 0 aromatic rings. The summed E-state index contributed by atoms with van der Waals surface area (Å²) in [4.78, 5) is 0. The summed E-state index contributed by atoms with van der Waals surface area (Å²) in [5, 5.41) is 0. The molecule has 0 aromatic carbocycles. The smallest absolute Gasteiger partial charge is 0.418 e. The molecule has 0 aromatic heterocycles. The van der Waals surface area contributed by atoms with Crippen molar-refractivity contribution in [2.45, 2.75) is 27.7 Å². The minimum Gasteiger partial charge on any atom is -0.418 e. The molecule has 0 heterocycles. The van der Waals surface area contributed by atoms with Gasteiger partial charge >= 0.3 is 29.3 Å². The molecular weight excluding hydrogens is 342 g/mol. The van der Waals surface area contributed by atoms with Crippen molar-refractivity contribution < 1.29 is 45.4 Å². The average Bonchev–Trinajstić information content (AvgIpc) is 1.99. The molecule has 0 bridgehead atoms. The van der Waals surface area contributed by atoms with Gasteiger partial charge in [-0.05, 0) is 11.8 Å². The fourth-order valence-electron chi connectivity index (χ4n) is 0.335. The zero-order chi connectivity index (χ0) is 13.2. The fraction of sp³-hybridized carbons (Fsp3) is 1.00. The Kier molecular flexibility index (Phi) is 12.4. The van der Waals surface area contributed by atoms with Crippen molar-refractivity contribution in [2.75, 3.05) is 13.2 Å². The van der Waals surface area contributed by atoms with Gasteiger partial charge in [0.1, 0.15) is 13.2 Å². The summed E-state index contributed by atoms with van der Waals surface area (Å²) in [5.41, 5.74) is 0. The van der Waals surface area contributed by atoms with Crippen molar-refractivity contribution in [1.29, 1.82) is 0 Å². The Labute approximate surface area is 106 Å². The van der Waals surface area contributed by atoms with Crippen molar-refractivity contribution in [3.63, 3.8) is 0 Å². The second-order valence-electron chi connectivity index (χ2n) is 3.90. The molecule has 0 rings (SSSR count). The van der Waals surface area contributed by atoms with Crippen LogP contribution in [0.25, 0.3) is 0 Å². The van der Waals surface area contributed by atoms with Gasteiger partial charge in [-0.2, -0.15) is 0 Å². The largest absolute Gasteiger partial charge is 0.704 e. The zero-order valence-electron chi connectivity index (χ0n) is 9.85. The van der Waals surface area contributed by atoms with E-state index in [1.165, 1.54) is 0 Å². The van der Waals surface area contributed by atoms with E-state index in [1.807, 2.05) is 0 Å². The Hall–Kier alpha value is 0.435. The molecule has 0 aliphatic heterocycles. The van der Waals surface area contributed by atoms with Gasteiger partial charge in [-0.15, -0.1) is 6.13 Å². The number of hydrogen-bond acceptors (Lipinski definition) is 2. The first kappa shape index (κ1) is 18.8. The molecule has 0 N–H and O–H groups in total. The maximum atomic E-state index is 9.75. The standard InChI is InChI=1S/C8H18IO2.BF4/c1-7(2)5-10-9-11-6-8(3)4;2-1(3,4)5/h7-8H,5-6H2,1-4H3;/q+1;-1. The van der Waals surface area contributed by atoms with Crippen molar-refractivity contribution in [1.82, 2.24) is 0 Å². The highest BCUT2D eigenvalue weighted by atomic mass is 127. The molecule has 0 aliphatic rings. The Morgan fingerprint density at radius 1 is 0.875 bits per heavy atom. The van der Waals surface area contributed by atoms with Crippen molar-refractivity contribution in [3.05, 3.63) is 0 Å². The molecule has 0 radical (unpaired) electrons. The van der Waals surface area contributed by atoms with Gasteiger partial charge in [0, 0.05) is 0 Å². The van der Waals surface area contributed by atoms with E-state index in [0.717, 1.165) is 13.2 Å². The Morgan fingerprint density at radius 2 is 1.12 bits per heavy atom. The second kappa shape index (κ2) is 10.6. The molecule has 0 spiro atoms. The van der Waals surface area contributed by atoms with Crippen molar-refractivity contribution >= 4 is 7.25 Å². The van der Waals surface area contributed by atoms with Gasteiger partial charge in [0.15, 0.2) is 0 Å². The van der Waals surface area contributed by atoms with Crippen molar-refractivity contribution in [2.24, 2.45) is 11.8 Å². The average molecular weight is 360 g/mol. The minimum atomic E-state index is -6.00. The summed E-state index contributed by atoms with van der Waals surface area (Å²) >= 11 is -0.442. The first-order valence-corrected chi connectivity index (χ1v) is 6.65. The van der Waals surface area contributed by atoms with Crippen LogP contribution in [0.3, 0.4) is 0 Å². The third-order valence-corrected chi connectivity index (χ3v) is 2.11. The maximum absolute atomic E-state index is 9.75. The van der Waals surface area contributed by atoms with Crippen LogP contribution in [0.5, 0.6) is 0 Å². The van der Waals surface area contributed by atoms with E-state index >= 15 is 0 Å². The number of rotatable bonds is 6. The predicted octanol–water partition coefficient (Wildman–Crippen LogP) is 0.551. The Morgan fingerprint density at radius 3 is 1.31 bits per heavy atom. The van der Waals surface area contributed by atoms with E-state index in [9.17, 15) is 17.3 Å². The summed E-state index contributed by atoms with van der Waals surface area (Å²) in [6.45, 7) is 10.3. The second-order valence-corrected chi connectivity index (χ2v) is 5.50. The van der Waals surface area contributed by atoms with Crippen LogP contribution in [0, 0.1) is 11.8 Å². The Balaban J connectivity index is 0. The molecule has 0 amide bonds. The van der Waals surface area contributed by atoms with Crippen LogP contribution in [-0.2, 0) is 6.13 Å². The predicted molar refractivity (Wildman–Crippen MR) is 51.8 cm³/mol. The molecule has 0 saturated carbocycles. The van der Waals surface area contributed by atoms with Crippen LogP contribution in [0.2, 0.25) is 0 Å². The van der Waals surface area contributed by atoms with E-state index in [-0.39, 0.29) is 0 Å². The van der Waals surface area contributed by atoms with Gasteiger partial charge in [-0.25, -0.2) is 0 Å². The van der Waals surface area contributed by atoms with Gasteiger partial charge in [0.2, 0.25) is 0 Å². The van der Waals surface area contributed by atoms with E-state index < -0.39 is 29.3 Å². The lowest BCUT2D eigenvalue weighted by Crippen LogP contribution is -3.62. The summed E-state index contributed by atoms with van der Waals surface area (Å²) < 4.78 is 49.7. The lowest BCUT2D eigenvalue weighted by atomic mass is 10.2. The molecule has 100 valence electrons. The highest BCUT2D eigenvalue weighted by molar-refractivity contribution is 6.50. The molecule has 16 heavy (non-hydrogen) atoms. The topological polar surface area (TPSA) is 18.5 Å². The highest BCUT2D eigenvalue weighted by Gasteiger charge is 2.20. The van der Waals surface area contributed by atoms with Crippen LogP contribution >= 0.6 is 0 Å². The maximum Gasteiger partial charge on any atom is 0.704 e. The van der Waals surface area contributed by atoms with Gasteiger partial charge in [-0.1, -0.05) is 27.7 Å². The molecule has 0 unspecified atom stereocenters. The summed E-state index contributed by atoms with van der Waals surface area (Å²) in [7, 11) is -6.00. The van der Waals surface area contributed by atoms with Crippen LogP contribution in [0.1, 0.15) is 27.7 Å². The van der Waals surface area contributed by atoms with E-state index in [0.29, 0.717) is 11.8 Å². The lowest BCUT2D eigenvalue weighted by Gasteiger charge is -1.95. The van der Waals surface area contributed by atoms with Gasteiger partial charge in [0.05, 0.1) is 0 Å². The normalized spacial score (nSPS) is 11.6. The molecule has 0 saturated heterocycles. The molecule has 0 aliphatic carbocycles. The summed E-state index contributed by atoms with van der Waals surface area (Å²) in [5.74, 6) is 1.25. The SMILES string of the molecule is CC(C)CO[I+]OCC(C)C.F[B-](F)(F)F. The van der Waals surface area contributed by atoms with E-state index in [1.54, 1.807) is 0 Å². The van der Waals surface area contributed by atoms with Crippen molar-refractivity contribution in [3.8, 4) is 0 Å². The van der Waals surface area contributed by atoms with Gasteiger partial charge < -0.3 is 17.3 Å². The quantitative estimate of drug-likeness (QED) is 0.298. The first-order valence-electron chi connectivity index (χ1n) is 4.88. The van der Waals surface area contributed by atoms with Gasteiger partial charge in [-0.3, -0.25) is 0 Å². The zero-order valence-corrected chi connectivity index (χ0v) is 12.0. The third-order valence-electron chi connectivity index (χ3n) is 0.882. The van der Waals surface area contributed by atoms with Crippen LogP contribution < -0.4 is 22.0 Å².